The van der Waals surface area contributed by atoms with Gasteiger partial charge in [-0.15, -0.1) is 0 Å². The highest BCUT2D eigenvalue weighted by Crippen LogP contribution is 2.35. The molecule has 5 heteroatoms. The summed E-state index contributed by atoms with van der Waals surface area (Å²) in [5, 5.41) is 3.09. The van der Waals surface area contributed by atoms with Crippen LogP contribution in [0.1, 0.15) is 25.3 Å². The van der Waals surface area contributed by atoms with Crippen molar-refractivity contribution < 1.29 is 4.42 Å². The summed E-state index contributed by atoms with van der Waals surface area (Å²) >= 11 is 3.46. The van der Waals surface area contributed by atoms with E-state index in [4.69, 9.17) is 4.42 Å². The van der Waals surface area contributed by atoms with Gasteiger partial charge in [-0.2, -0.15) is 0 Å². The summed E-state index contributed by atoms with van der Waals surface area (Å²) in [5.41, 5.74) is 1.89. The number of aromatic nitrogens is 2. The molecule has 17 heavy (non-hydrogen) atoms. The fourth-order valence-electron chi connectivity index (χ4n) is 1.79. The summed E-state index contributed by atoms with van der Waals surface area (Å²) in [6.07, 6.45) is 3.19. The maximum Gasteiger partial charge on any atom is 0.166 e. The van der Waals surface area contributed by atoms with Crippen LogP contribution in [0.3, 0.4) is 0 Å². The lowest BCUT2D eigenvalue weighted by atomic mass is 10.0. The average molecular weight is 296 g/mol. The zero-order valence-corrected chi connectivity index (χ0v) is 11.6. The third kappa shape index (κ3) is 2.20. The third-order valence-corrected chi connectivity index (χ3v) is 3.15. The molecule has 0 unspecified atom stereocenters. The van der Waals surface area contributed by atoms with E-state index in [-0.39, 0.29) is 0 Å². The number of hydrogen-bond donors (Lipinski definition) is 1. The van der Waals surface area contributed by atoms with Crippen molar-refractivity contribution in [2.24, 2.45) is 0 Å². The summed E-state index contributed by atoms with van der Waals surface area (Å²) < 4.78 is 6.38. The van der Waals surface area contributed by atoms with Crippen LogP contribution in [0.15, 0.2) is 27.5 Å². The lowest BCUT2D eigenvalue weighted by molar-refractivity contribution is 0.577. The second-order valence-corrected chi connectivity index (χ2v) is 4.84. The van der Waals surface area contributed by atoms with Crippen LogP contribution in [0.4, 0.5) is 5.82 Å². The first-order valence-electron chi connectivity index (χ1n) is 5.41. The van der Waals surface area contributed by atoms with Crippen molar-refractivity contribution in [2.75, 3.05) is 12.4 Å². The summed E-state index contributed by atoms with van der Waals surface area (Å²) in [6, 6.07) is 1.86. The van der Waals surface area contributed by atoms with Gasteiger partial charge >= 0.3 is 0 Å². The monoisotopic (exact) mass is 295 g/mol. The summed E-state index contributed by atoms with van der Waals surface area (Å²) in [7, 11) is 1.86. The van der Waals surface area contributed by atoms with E-state index in [9.17, 15) is 0 Å². The van der Waals surface area contributed by atoms with Gasteiger partial charge in [0.15, 0.2) is 5.76 Å². The van der Waals surface area contributed by atoms with Gasteiger partial charge < -0.3 is 9.73 Å². The first-order valence-corrected chi connectivity index (χ1v) is 6.20. The number of nitrogens with zero attached hydrogens (tertiary/aromatic N) is 2. The Balaban J connectivity index is 2.65. The fourth-order valence-corrected chi connectivity index (χ4v) is 2.17. The van der Waals surface area contributed by atoms with Crippen LogP contribution >= 0.6 is 15.9 Å². The van der Waals surface area contributed by atoms with Crippen LogP contribution in [0.25, 0.3) is 11.5 Å². The Morgan fingerprint density at radius 2 is 2.12 bits per heavy atom. The van der Waals surface area contributed by atoms with Gasteiger partial charge in [0.1, 0.15) is 17.8 Å². The highest BCUT2D eigenvalue weighted by molar-refractivity contribution is 9.10. The van der Waals surface area contributed by atoms with E-state index in [0.717, 1.165) is 27.3 Å². The Kier molecular flexibility index (Phi) is 3.47. The van der Waals surface area contributed by atoms with E-state index >= 15 is 0 Å². The maximum atomic E-state index is 5.48. The number of anilines is 1. The minimum Gasteiger partial charge on any atom is -0.461 e. The van der Waals surface area contributed by atoms with E-state index in [1.807, 2.05) is 13.1 Å². The van der Waals surface area contributed by atoms with Crippen LogP contribution in [0.5, 0.6) is 0 Å². The number of halogens is 1. The molecule has 0 saturated carbocycles. The van der Waals surface area contributed by atoms with Crippen LogP contribution in [0, 0.1) is 0 Å². The molecule has 0 spiro atoms. The molecule has 0 bridgehead atoms. The van der Waals surface area contributed by atoms with Crippen LogP contribution in [-0.4, -0.2) is 17.0 Å². The number of nitrogens with one attached hydrogen (secondary N) is 1. The molecule has 0 aliphatic rings. The van der Waals surface area contributed by atoms with E-state index in [1.165, 1.54) is 0 Å². The molecule has 2 aromatic rings. The zero-order chi connectivity index (χ0) is 12.4. The number of rotatable bonds is 3. The van der Waals surface area contributed by atoms with Gasteiger partial charge in [0.2, 0.25) is 0 Å². The van der Waals surface area contributed by atoms with Gasteiger partial charge in [-0.1, -0.05) is 13.8 Å². The Morgan fingerprint density at radius 1 is 1.35 bits per heavy atom. The molecule has 0 aliphatic carbocycles. The minimum atomic E-state index is 0.311. The quantitative estimate of drug-likeness (QED) is 0.939. The van der Waals surface area contributed by atoms with Gasteiger partial charge in [-0.25, -0.2) is 9.97 Å². The second kappa shape index (κ2) is 4.87. The maximum absolute atomic E-state index is 5.48. The largest absolute Gasteiger partial charge is 0.461 e. The molecule has 0 aliphatic heterocycles. The van der Waals surface area contributed by atoms with Gasteiger partial charge in [-0.05, 0) is 27.9 Å². The third-order valence-electron chi connectivity index (χ3n) is 2.53. The molecule has 0 radical (unpaired) electrons. The van der Waals surface area contributed by atoms with E-state index in [2.05, 4.69) is 45.1 Å². The smallest absolute Gasteiger partial charge is 0.166 e. The van der Waals surface area contributed by atoms with Crippen molar-refractivity contribution >= 4 is 21.7 Å². The van der Waals surface area contributed by atoms with Crippen molar-refractivity contribution in [3.8, 4) is 11.5 Å². The normalized spacial score (nSPS) is 10.9. The van der Waals surface area contributed by atoms with Crippen molar-refractivity contribution in [2.45, 2.75) is 19.8 Å². The molecule has 1 N–H and O–H groups in total. The average Bonchev–Trinajstić information content (AvgIpc) is 2.74. The summed E-state index contributed by atoms with van der Waals surface area (Å²) in [6.45, 7) is 4.22. The van der Waals surface area contributed by atoms with Gasteiger partial charge in [0.05, 0.1) is 10.7 Å². The lowest BCUT2D eigenvalue weighted by Gasteiger charge is -2.14. The Bertz CT molecular complexity index is 522. The van der Waals surface area contributed by atoms with Gasteiger partial charge in [-0.3, -0.25) is 0 Å². The topological polar surface area (TPSA) is 51.0 Å². The SMILES string of the molecule is CNc1ncnc(-c2occc2Br)c1C(C)C. The molecule has 2 heterocycles. The predicted molar refractivity (Wildman–Crippen MR) is 71.1 cm³/mol. The Hall–Kier alpha value is -1.36. The molecule has 0 aromatic carbocycles. The van der Waals surface area contributed by atoms with Crippen molar-refractivity contribution in [1.82, 2.24) is 9.97 Å². The van der Waals surface area contributed by atoms with Crippen molar-refractivity contribution in [3.05, 3.63) is 28.7 Å². The number of hydrogen-bond acceptors (Lipinski definition) is 4. The number of furan rings is 1. The van der Waals surface area contributed by atoms with Crippen LogP contribution in [-0.2, 0) is 0 Å². The molecule has 90 valence electrons. The van der Waals surface area contributed by atoms with E-state index in [1.54, 1.807) is 12.6 Å². The summed E-state index contributed by atoms with van der Waals surface area (Å²) in [5.74, 6) is 1.89. The van der Waals surface area contributed by atoms with Crippen LogP contribution in [0.2, 0.25) is 0 Å². The van der Waals surface area contributed by atoms with Crippen LogP contribution < -0.4 is 5.32 Å². The molecule has 0 atom stereocenters. The van der Waals surface area contributed by atoms with E-state index < -0.39 is 0 Å². The second-order valence-electron chi connectivity index (χ2n) is 3.99. The first kappa shape index (κ1) is 12.1. The standard InChI is InChI=1S/C12H14BrN3O/c1-7(2)9-10(11-8(13)4-5-17-11)15-6-16-12(9)14-3/h4-7H,1-3H3,(H,14,15,16). The van der Waals surface area contributed by atoms with Crippen molar-refractivity contribution in [1.29, 1.82) is 0 Å². The predicted octanol–water partition coefficient (Wildman–Crippen LogP) is 3.66. The molecule has 4 nitrogen and oxygen atoms in total. The minimum absolute atomic E-state index is 0.311. The Morgan fingerprint density at radius 3 is 2.65 bits per heavy atom. The first-order chi connectivity index (χ1) is 8.15. The van der Waals surface area contributed by atoms with Gasteiger partial charge in [0.25, 0.3) is 0 Å². The molecule has 2 aromatic heterocycles. The summed E-state index contributed by atoms with van der Waals surface area (Å²) in [4.78, 5) is 8.58. The van der Waals surface area contributed by atoms with Gasteiger partial charge in [0, 0.05) is 12.6 Å². The molecular formula is C12H14BrN3O. The highest BCUT2D eigenvalue weighted by atomic mass is 79.9. The van der Waals surface area contributed by atoms with E-state index in [0.29, 0.717) is 5.92 Å². The fraction of sp³-hybridized carbons (Fsp3) is 0.333. The molecule has 0 amide bonds. The zero-order valence-electron chi connectivity index (χ0n) is 9.99. The molecule has 2 rings (SSSR count). The lowest BCUT2D eigenvalue weighted by Crippen LogP contribution is -2.04. The van der Waals surface area contributed by atoms with Crippen molar-refractivity contribution in [3.63, 3.8) is 0 Å². The Labute approximate surface area is 109 Å². The molecule has 0 fully saturated rings. The molecular weight excluding hydrogens is 282 g/mol. The highest BCUT2D eigenvalue weighted by Gasteiger charge is 2.19. The molecule has 0 saturated heterocycles.